The normalized spacial score (nSPS) is 16.2. The molecule has 1 aromatic rings. The average molecular weight is 257 g/mol. The van der Waals surface area contributed by atoms with Gasteiger partial charge >= 0.3 is 0 Å². The number of rotatable bonds is 1. The van der Waals surface area contributed by atoms with Crippen LogP contribution < -0.4 is 10.6 Å². The van der Waals surface area contributed by atoms with Crippen molar-refractivity contribution in [2.75, 3.05) is 10.6 Å². The number of nitrogens with zero attached hydrogens (tertiary/aromatic N) is 1. The Morgan fingerprint density at radius 1 is 1.00 bits per heavy atom. The largest absolute Gasteiger partial charge is 0.397 e. The number of hydrogen-bond acceptors (Lipinski definition) is 3. The first-order valence-electron chi connectivity index (χ1n) is 4.32. The minimum atomic E-state index is -0.658. The molecule has 1 aromatic carbocycles. The SMILES string of the molecule is Nc1ccccc1N1C(=O)C(Cl)=C(Cl)C1=O. The van der Waals surface area contributed by atoms with Crippen LogP contribution in [0.5, 0.6) is 0 Å². The van der Waals surface area contributed by atoms with Crippen LogP contribution in [0.2, 0.25) is 0 Å². The molecule has 6 heteroatoms. The Hall–Kier alpha value is -1.52. The van der Waals surface area contributed by atoms with E-state index in [1.807, 2.05) is 0 Å². The van der Waals surface area contributed by atoms with E-state index in [1.54, 1.807) is 24.3 Å². The molecule has 1 aliphatic heterocycles. The lowest BCUT2D eigenvalue weighted by Gasteiger charge is -2.15. The van der Waals surface area contributed by atoms with E-state index in [4.69, 9.17) is 28.9 Å². The van der Waals surface area contributed by atoms with Crippen LogP contribution in [0.15, 0.2) is 34.3 Å². The standard InChI is InChI=1S/C10H6Cl2N2O2/c11-7-8(12)10(16)14(9(7)15)6-4-2-1-3-5(6)13/h1-4H,13H2. The van der Waals surface area contributed by atoms with Crippen molar-refractivity contribution >= 4 is 46.4 Å². The summed E-state index contributed by atoms with van der Waals surface area (Å²) in [5.41, 5.74) is 6.25. The number of halogens is 2. The van der Waals surface area contributed by atoms with Crippen LogP contribution in [0.1, 0.15) is 0 Å². The summed E-state index contributed by atoms with van der Waals surface area (Å²) in [6, 6.07) is 6.48. The van der Waals surface area contributed by atoms with Crippen molar-refractivity contribution in [3.63, 3.8) is 0 Å². The third kappa shape index (κ3) is 1.47. The Labute approximate surface area is 101 Å². The topological polar surface area (TPSA) is 63.4 Å². The van der Waals surface area contributed by atoms with Crippen LogP contribution in [0.3, 0.4) is 0 Å². The molecule has 0 aromatic heterocycles. The molecule has 2 amide bonds. The lowest BCUT2D eigenvalue weighted by molar-refractivity contribution is -0.120. The zero-order chi connectivity index (χ0) is 11.9. The Kier molecular flexibility index (Phi) is 2.61. The number of hydrogen-bond donors (Lipinski definition) is 1. The molecule has 2 N–H and O–H groups in total. The van der Waals surface area contributed by atoms with Crippen LogP contribution in [0, 0.1) is 0 Å². The Morgan fingerprint density at radius 2 is 1.50 bits per heavy atom. The second kappa shape index (κ2) is 3.81. The molecular weight excluding hydrogens is 251 g/mol. The van der Waals surface area contributed by atoms with E-state index in [2.05, 4.69) is 0 Å². The van der Waals surface area contributed by atoms with Crippen molar-refractivity contribution in [3.05, 3.63) is 34.3 Å². The van der Waals surface area contributed by atoms with E-state index < -0.39 is 11.8 Å². The van der Waals surface area contributed by atoms with Gasteiger partial charge in [0.2, 0.25) is 0 Å². The number of nitrogen functional groups attached to an aromatic ring is 1. The highest BCUT2D eigenvalue weighted by molar-refractivity contribution is 6.62. The number of carbonyl (C=O) groups excluding carboxylic acids is 2. The molecule has 16 heavy (non-hydrogen) atoms. The number of imide groups is 1. The first-order chi connectivity index (χ1) is 7.54. The molecule has 0 saturated carbocycles. The molecule has 0 radical (unpaired) electrons. The smallest absolute Gasteiger partial charge is 0.278 e. The van der Waals surface area contributed by atoms with Crippen molar-refractivity contribution in [3.8, 4) is 0 Å². The van der Waals surface area contributed by atoms with E-state index >= 15 is 0 Å². The van der Waals surface area contributed by atoms with Gasteiger partial charge in [0.15, 0.2) is 0 Å². The second-order valence-corrected chi connectivity index (χ2v) is 3.89. The van der Waals surface area contributed by atoms with Gasteiger partial charge in [-0.05, 0) is 12.1 Å². The van der Waals surface area contributed by atoms with Gasteiger partial charge in [-0.3, -0.25) is 9.59 Å². The summed E-state index contributed by atoms with van der Waals surface area (Å²) in [7, 11) is 0. The first kappa shape index (κ1) is 11.0. The molecule has 4 nitrogen and oxygen atoms in total. The van der Waals surface area contributed by atoms with E-state index in [0.29, 0.717) is 5.69 Å². The quantitative estimate of drug-likeness (QED) is 0.616. The molecule has 1 heterocycles. The predicted octanol–water partition coefficient (Wildman–Crippen LogP) is 1.83. The zero-order valence-corrected chi connectivity index (χ0v) is 9.42. The summed E-state index contributed by atoms with van der Waals surface area (Å²) in [5, 5.41) is -0.565. The third-order valence-corrected chi connectivity index (χ3v) is 2.95. The van der Waals surface area contributed by atoms with Crippen molar-refractivity contribution in [1.82, 2.24) is 0 Å². The van der Waals surface area contributed by atoms with Gasteiger partial charge in [0.1, 0.15) is 10.1 Å². The molecule has 82 valence electrons. The minimum Gasteiger partial charge on any atom is -0.397 e. The molecule has 0 saturated heterocycles. The van der Waals surface area contributed by atoms with Gasteiger partial charge in [0.05, 0.1) is 11.4 Å². The lowest BCUT2D eigenvalue weighted by Crippen LogP contribution is -2.31. The number of nitrogens with two attached hydrogens (primary N) is 1. The average Bonchev–Trinajstić information content (AvgIpc) is 2.45. The summed E-state index contributed by atoms with van der Waals surface area (Å²) >= 11 is 11.2. The number of carbonyl (C=O) groups is 2. The summed E-state index contributed by atoms with van der Waals surface area (Å²) in [6.07, 6.45) is 0. The summed E-state index contributed by atoms with van der Waals surface area (Å²) in [4.78, 5) is 24.2. The molecule has 0 bridgehead atoms. The molecule has 0 atom stereocenters. The van der Waals surface area contributed by atoms with Crippen molar-refractivity contribution in [2.24, 2.45) is 0 Å². The predicted molar refractivity (Wildman–Crippen MR) is 62.1 cm³/mol. The third-order valence-electron chi connectivity index (χ3n) is 2.15. The highest BCUT2D eigenvalue weighted by Gasteiger charge is 2.38. The maximum atomic E-state index is 11.7. The van der Waals surface area contributed by atoms with Gasteiger partial charge in [0.25, 0.3) is 11.8 Å². The number of anilines is 2. The number of benzene rings is 1. The van der Waals surface area contributed by atoms with Gasteiger partial charge in [-0.25, -0.2) is 4.90 Å². The summed E-state index contributed by atoms with van der Waals surface area (Å²) < 4.78 is 0. The summed E-state index contributed by atoms with van der Waals surface area (Å²) in [5.74, 6) is -1.32. The van der Waals surface area contributed by atoms with Gasteiger partial charge in [0, 0.05) is 0 Å². The number of para-hydroxylation sites is 2. The van der Waals surface area contributed by atoms with Crippen LogP contribution in [0.25, 0.3) is 0 Å². The van der Waals surface area contributed by atoms with E-state index in [-0.39, 0.29) is 15.8 Å². The van der Waals surface area contributed by atoms with E-state index in [9.17, 15) is 9.59 Å². The molecule has 0 aliphatic carbocycles. The highest BCUT2D eigenvalue weighted by atomic mass is 35.5. The maximum absolute atomic E-state index is 11.7. The summed E-state index contributed by atoms with van der Waals surface area (Å²) in [6.45, 7) is 0. The first-order valence-corrected chi connectivity index (χ1v) is 5.08. The Balaban J connectivity index is 2.51. The van der Waals surface area contributed by atoms with E-state index in [1.165, 1.54) is 0 Å². The highest BCUT2D eigenvalue weighted by Crippen LogP contribution is 2.33. The fraction of sp³-hybridized carbons (Fsp3) is 0. The molecule has 0 unspecified atom stereocenters. The molecule has 2 rings (SSSR count). The molecule has 1 aliphatic rings. The fourth-order valence-corrected chi connectivity index (χ4v) is 1.72. The monoisotopic (exact) mass is 256 g/mol. The van der Waals surface area contributed by atoms with Crippen LogP contribution >= 0.6 is 23.2 Å². The fourth-order valence-electron chi connectivity index (χ4n) is 1.39. The van der Waals surface area contributed by atoms with Crippen molar-refractivity contribution in [1.29, 1.82) is 0 Å². The molecule has 0 spiro atoms. The molecule has 0 fully saturated rings. The van der Waals surface area contributed by atoms with Gasteiger partial charge < -0.3 is 5.73 Å². The van der Waals surface area contributed by atoms with Gasteiger partial charge in [-0.15, -0.1) is 0 Å². The van der Waals surface area contributed by atoms with Crippen LogP contribution in [0.4, 0.5) is 11.4 Å². The van der Waals surface area contributed by atoms with Crippen LogP contribution in [-0.4, -0.2) is 11.8 Å². The van der Waals surface area contributed by atoms with Gasteiger partial charge in [-0.1, -0.05) is 35.3 Å². The maximum Gasteiger partial charge on any atom is 0.278 e. The second-order valence-electron chi connectivity index (χ2n) is 3.13. The Morgan fingerprint density at radius 3 is 2.00 bits per heavy atom. The van der Waals surface area contributed by atoms with E-state index in [0.717, 1.165) is 4.90 Å². The Bertz CT molecular complexity index is 501. The van der Waals surface area contributed by atoms with Crippen molar-refractivity contribution < 1.29 is 9.59 Å². The number of amides is 2. The zero-order valence-electron chi connectivity index (χ0n) is 7.91. The van der Waals surface area contributed by atoms with Gasteiger partial charge in [-0.2, -0.15) is 0 Å². The van der Waals surface area contributed by atoms with Crippen molar-refractivity contribution in [2.45, 2.75) is 0 Å². The molecular formula is C10H6Cl2N2O2. The minimum absolute atomic E-state index is 0.282. The van der Waals surface area contributed by atoms with Crippen LogP contribution in [-0.2, 0) is 9.59 Å². The lowest BCUT2D eigenvalue weighted by atomic mass is 10.2.